The Balaban J connectivity index is 4.61. The average Bonchev–Trinajstić information content (AvgIpc) is 3.03. The van der Waals surface area contributed by atoms with E-state index in [1.807, 2.05) is 0 Å². The van der Waals surface area contributed by atoms with Gasteiger partial charge in [-0.05, 0) is 129 Å². The zero-order chi connectivity index (χ0) is 32.0. The van der Waals surface area contributed by atoms with Crippen molar-refractivity contribution in [2.24, 2.45) is 0 Å². The second-order valence-corrected chi connectivity index (χ2v) is 11.7. The molecule has 0 aromatic heterocycles. The summed E-state index contributed by atoms with van der Waals surface area (Å²) in [6.07, 6.45) is 15.7. The molecule has 10 heteroatoms. The quantitative estimate of drug-likeness (QED) is 0.0740. The maximum absolute atomic E-state index is 8.92. The lowest BCUT2D eigenvalue weighted by Crippen LogP contribution is -2.37. The molecule has 0 bridgehead atoms. The molecule has 0 saturated heterocycles. The van der Waals surface area contributed by atoms with Gasteiger partial charge in [0.15, 0.2) is 0 Å². The number of unbranched alkanes of at least 4 members (excludes halogenated alkanes) is 8. The number of aliphatic hydroxyl groups excluding tert-OH is 4. The Labute approximate surface area is 270 Å². The van der Waals surface area contributed by atoms with Gasteiger partial charge in [0.25, 0.3) is 0 Å². The highest BCUT2D eigenvalue weighted by molar-refractivity contribution is 4.66. The average molecular weight is 637 g/mol. The molecule has 0 aliphatic carbocycles. The van der Waals surface area contributed by atoms with Gasteiger partial charge in [-0.2, -0.15) is 0 Å². The number of ether oxygens (including phenoxy) is 4. The first-order valence-corrected chi connectivity index (χ1v) is 18.0. The number of hydrogen-bond donors (Lipinski definition) is 4. The summed E-state index contributed by atoms with van der Waals surface area (Å²) in [6, 6.07) is 0. The van der Waals surface area contributed by atoms with E-state index < -0.39 is 0 Å². The van der Waals surface area contributed by atoms with E-state index in [2.05, 4.69) is 9.80 Å². The highest BCUT2D eigenvalue weighted by atomic mass is 16.5. The molecule has 0 spiro atoms. The van der Waals surface area contributed by atoms with Crippen molar-refractivity contribution < 1.29 is 39.4 Å². The Morgan fingerprint density at radius 2 is 0.455 bits per heavy atom. The third-order valence-corrected chi connectivity index (χ3v) is 7.57. The molecule has 0 rings (SSSR count). The summed E-state index contributed by atoms with van der Waals surface area (Å²) in [5.41, 5.74) is 0. The largest absolute Gasteiger partial charge is 0.396 e. The van der Waals surface area contributed by atoms with Gasteiger partial charge in [-0.3, -0.25) is 0 Å². The Morgan fingerprint density at radius 1 is 0.250 bits per heavy atom. The van der Waals surface area contributed by atoms with Gasteiger partial charge >= 0.3 is 0 Å². The van der Waals surface area contributed by atoms with Gasteiger partial charge in [-0.15, -0.1) is 0 Å². The predicted molar refractivity (Wildman–Crippen MR) is 178 cm³/mol. The van der Waals surface area contributed by atoms with Crippen LogP contribution < -0.4 is 0 Å². The second-order valence-electron chi connectivity index (χ2n) is 11.7. The van der Waals surface area contributed by atoms with Gasteiger partial charge in [0.2, 0.25) is 0 Å². The molecule has 266 valence electrons. The normalized spacial score (nSPS) is 11.9. The van der Waals surface area contributed by atoms with E-state index in [1.165, 1.54) is 0 Å². The fraction of sp³-hybridized carbons (Fsp3) is 1.00. The Kier molecular flexibility index (Phi) is 38.4. The maximum Gasteiger partial charge on any atom is 0.0466 e. The molecule has 44 heavy (non-hydrogen) atoms. The third-order valence-electron chi connectivity index (χ3n) is 7.57. The predicted octanol–water partition coefficient (Wildman–Crippen LogP) is 3.87. The molecule has 0 amide bonds. The summed E-state index contributed by atoms with van der Waals surface area (Å²) in [5, 5.41) is 35.7. The molecule has 0 aromatic rings. The van der Waals surface area contributed by atoms with E-state index in [-0.39, 0.29) is 26.4 Å². The van der Waals surface area contributed by atoms with Gasteiger partial charge < -0.3 is 49.2 Å². The molecular weight excluding hydrogens is 564 g/mol. The van der Waals surface area contributed by atoms with E-state index >= 15 is 0 Å². The van der Waals surface area contributed by atoms with E-state index in [4.69, 9.17) is 39.4 Å². The van der Waals surface area contributed by atoms with Gasteiger partial charge in [-0.25, -0.2) is 0 Å². The van der Waals surface area contributed by atoms with Crippen molar-refractivity contribution in [2.75, 3.05) is 119 Å². The molecule has 0 aliphatic heterocycles. The number of hydrogen-bond acceptors (Lipinski definition) is 10. The summed E-state index contributed by atoms with van der Waals surface area (Å²) in [5.74, 6) is 0. The molecule has 0 radical (unpaired) electrons. The molecule has 0 aliphatic rings. The molecule has 0 heterocycles. The van der Waals surface area contributed by atoms with Crippen molar-refractivity contribution >= 4 is 0 Å². The summed E-state index contributed by atoms with van der Waals surface area (Å²) in [6.45, 7) is 13.5. The lowest BCUT2D eigenvalue weighted by molar-refractivity contribution is 0.109. The molecule has 0 saturated carbocycles. The van der Waals surface area contributed by atoms with Crippen molar-refractivity contribution in [3.63, 3.8) is 0 Å². The van der Waals surface area contributed by atoms with Crippen LogP contribution in [0.25, 0.3) is 0 Å². The summed E-state index contributed by atoms with van der Waals surface area (Å²) in [4.78, 5) is 5.22. The highest BCUT2D eigenvalue weighted by Crippen LogP contribution is 2.06. The minimum atomic E-state index is 0.238. The van der Waals surface area contributed by atoms with Crippen LogP contribution in [0.15, 0.2) is 0 Å². The van der Waals surface area contributed by atoms with Crippen LogP contribution in [0.4, 0.5) is 0 Å². The van der Waals surface area contributed by atoms with Crippen molar-refractivity contribution in [3.05, 3.63) is 0 Å². The van der Waals surface area contributed by atoms with E-state index in [1.54, 1.807) is 0 Å². The Bertz CT molecular complexity index is 438. The lowest BCUT2D eigenvalue weighted by atomic mass is 10.2. The van der Waals surface area contributed by atoms with Gasteiger partial charge in [0, 0.05) is 92.4 Å². The van der Waals surface area contributed by atoms with Crippen LogP contribution in [0.5, 0.6) is 0 Å². The smallest absolute Gasteiger partial charge is 0.0466 e. The molecule has 4 N–H and O–H groups in total. The lowest BCUT2D eigenvalue weighted by Gasteiger charge is -2.28. The first kappa shape index (κ1) is 43.6. The molecule has 0 aromatic carbocycles. The number of rotatable bonds is 39. The van der Waals surface area contributed by atoms with Crippen LogP contribution in [0.2, 0.25) is 0 Å². The molecule has 0 unspecified atom stereocenters. The summed E-state index contributed by atoms with van der Waals surface area (Å²) in [7, 11) is 0. The molecule has 10 nitrogen and oxygen atoms in total. The molecule has 0 atom stereocenters. The first-order valence-electron chi connectivity index (χ1n) is 18.0. The van der Waals surface area contributed by atoms with E-state index in [0.717, 1.165) is 195 Å². The van der Waals surface area contributed by atoms with Crippen LogP contribution in [0, 0.1) is 0 Å². The maximum atomic E-state index is 8.92. The Hall–Kier alpha value is -0.400. The summed E-state index contributed by atoms with van der Waals surface area (Å²) >= 11 is 0. The zero-order valence-electron chi connectivity index (χ0n) is 28.4. The van der Waals surface area contributed by atoms with Crippen molar-refractivity contribution in [3.8, 4) is 0 Å². The fourth-order valence-electron chi connectivity index (χ4n) is 4.78. The molecule has 0 fully saturated rings. The zero-order valence-corrected chi connectivity index (χ0v) is 28.4. The fourth-order valence-corrected chi connectivity index (χ4v) is 4.78. The Morgan fingerprint density at radius 3 is 0.659 bits per heavy atom. The number of nitrogens with zero attached hydrogens (tertiary/aromatic N) is 2. The van der Waals surface area contributed by atoms with Crippen LogP contribution in [-0.4, -0.2) is 149 Å². The minimum absolute atomic E-state index is 0.238. The highest BCUT2D eigenvalue weighted by Gasteiger charge is 2.10. The number of aliphatic hydroxyl groups is 4. The van der Waals surface area contributed by atoms with E-state index in [9.17, 15) is 0 Å². The minimum Gasteiger partial charge on any atom is -0.396 e. The third kappa shape index (κ3) is 34.5. The van der Waals surface area contributed by atoms with Crippen LogP contribution in [-0.2, 0) is 18.9 Å². The van der Waals surface area contributed by atoms with Crippen molar-refractivity contribution in [1.82, 2.24) is 9.80 Å². The standard InChI is InChI=1S/C34H72N2O8/c37-23-5-13-31-41-27-9-1-17-35(18-2-10-28-42-32-14-6-24-38)21-22-36(19-3-11-29-43-33-15-7-25-39)20-4-12-30-44-34-16-8-26-40/h37-40H,1-34H2. The SMILES string of the molecule is OCCCCOCCCCN(CCCCOCCCCO)CCN(CCCCOCCCCO)CCCCOCCCCO. The summed E-state index contributed by atoms with van der Waals surface area (Å²) < 4.78 is 23.0. The van der Waals surface area contributed by atoms with Gasteiger partial charge in [0.1, 0.15) is 0 Å². The molecular formula is C34H72N2O8. The first-order chi connectivity index (χ1) is 21.8. The van der Waals surface area contributed by atoms with E-state index in [0.29, 0.717) is 0 Å². The van der Waals surface area contributed by atoms with Crippen molar-refractivity contribution in [1.29, 1.82) is 0 Å². The van der Waals surface area contributed by atoms with Gasteiger partial charge in [-0.1, -0.05) is 0 Å². The van der Waals surface area contributed by atoms with Crippen LogP contribution in [0.1, 0.15) is 103 Å². The van der Waals surface area contributed by atoms with Crippen LogP contribution >= 0.6 is 0 Å². The second kappa shape index (κ2) is 38.8. The topological polar surface area (TPSA) is 124 Å². The monoisotopic (exact) mass is 637 g/mol. The van der Waals surface area contributed by atoms with Crippen LogP contribution in [0.3, 0.4) is 0 Å². The van der Waals surface area contributed by atoms with Crippen molar-refractivity contribution in [2.45, 2.75) is 103 Å². The van der Waals surface area contributed by atoms with Gasteiger partial charge in [0.05, 0.1) is 0 Å².